The predicted octanol–water partition coefficient (Wildman–Crippen LogP) is 2.94. The molecule has 6 heteroatoms. The molecule has 0 radical (unpaired) electrons. The third kappa shape index (κ3) is 3.17. The van der Waals surface area contributed by atoms with E-state index in [-0.39, 0.29) is 18.2 Å². The van der Waals surface area contributed by atoms with E-state index in [2.05, 4.69) is 10.3 Å². The van der Waals surface area contributed by atoms with Gasteiger partial charge in [0, 0.05) is 12.7 Å². The number of hydrogen-bond acceptors (Lipinski definition) is 4. The van der Waals surface area contributed by atoms with Crippen molar-refractivity contribution in [3.8, 4) is 5.75 Å². The number of ether oxygens (including phenoxy) is 1. The zero-order valence-corrected chi connectivity index (χ0v) is 15.8. The number of amides is 2. The largest absolute Gasteiger partial charge is 0.497 e. The molecule has 2 aromatic rings. The minimum absolute atomic E-state index is 0.0397. The second-order valence-corrected chi connectivity index (χ2v) is 7.12. The van der Waals surface area contributed by atoms with Crippen LogP contribution in [0.1, 0.15) is 18.9 Å². The van der Waals surface area contributed by atoms with E-state index < -0.39 is 5.54 Å². The molecule has 0 fully saturated rings. The van der Waals surface area contributed by atoms with Crippen LogP contribution < -0.4 is 10.1 Å². The highest BCUT2D eigenvalue weighted by atomic mass is 16.5. The molecule has 1 atom stereocenters. The topological polar surface area (TPSA) is 71.0 Å². The van der Waals surface area contributed by atoms with Crippen molar-refractivity contribution in [1.29, 1.82) is 0 Å². The average Bonchev–Trinajstić information content (AvgIpc) is 2.71. The normalized spacial score (nSPS) is 20.7. The summed E-state index contributed by atoms with van der Waals surface area (Å²) >= 11 is 0. The molecule has 0 saturated carbocycles. The van der Waals surface area contributed by atoms with Crippen LogP contribution in [0.25, 0.3) is 10.8 Å². The summed E-state index contributed by atoms with van der Waals surface area (Å²) in [5.74, 6) is 0.812. The number of aliphatic imine (C=N–C) groups is 1. The summed E-state index contributed by atoms with van der Waals surface area (Å²) in [6.07, 6.45) is 7.20. The summed E-state index contributed by atoms with van der Waals surface area (Å²) in [4.78, 5) is 30.8. The Labute approximate surface area is 163 Å². The first-order valence-electron chi connectivity index (χ1n) is 9.10. The summed E-state index contributed by atoms with van der Waals surface area (Å²) in [6, 6.07) is 11.9. The van der Waals surface area contributed by atoms with Crippen molar-refractivity contribution in [3.63, 3.8) is 0 Å². The van der Waals surface area contributed by atoms with Crippen LogP contribution in [0.15, 0.2) is 65.8 Å². The minimum Gasteiger partial charge on any atom is -0.497 e. The number of nitrogens with zero attached hydrogens (tertiary/aromatic N) is 2. The molecule has 0 spiro atoms. The highest BCUT2D eigenvalue weighted by Gasteiger charge is 2.44. The molecule has 4 rings (SSSR count). The number of hydrogen-bond donors (Lipinski definition) is 1. The van der Waals surface area contributed by atoms with E-state index in [9.17, 15) is 9.59 Å². The average molecular weight is 375 g/mol. The molecule has 0 unspecified atom stereocenters. The molecule has 2 amide bonds. The lowest BCUT2D eigenvalue weighted by atomic mass is 9.91. The van der Waals surface area contributed by atoms with Crippen LogP contribution in [-0.2, 0) is 16.1 Å². The van der Waals surface area contributed by atoms with Gasteiger partial charge in [0.2, 0.25) is 5.91 Å². The van der Waals surface area contributed by atoms with Gasteiger partial charge in [0.1, 0.15) is 17.1 Å². The number of allylic oxidation sites excluding steroid dienone is 2. The monoisotopic (exact) mass is 375 g/mol. The number of carbonyl (C=O) groups is 2. The van der Waals surface area contributed by atoms with Crippen LogP contribution in [0.5, 0.6) is 5.75 Å². The van der Waals surface area contributed by atoms with Crippen LogP contribution in [0, 0.1) is 0 Å². The molecule has 6 nitrogen and oxygen atoms in total. The van der Waals surface area contributed by atoms with E-state index in [1.54, 1.807) is 37.3 Å². The first-order chi connectivity index (χ1) is 13.5. The van der Waals surface area contributed by atoms with Gasteiger partial charge in [-0.15, -0.1) is 0 Å². The van der Waals surface area contributed by atoms with Gasteiger partial charge in [-0.3, -0.25) is 9.59 Å². The fourth-order valence-electron chi connectivity index (χ4n) is 3.56. The van der Waals surface area contributed by atoms with Crippen molar-refractivity contribution in [3.05, 3.63) is 66.4 Å². The molecule has 142 valence electrons. The number of carbonyl (C=O) groups excluding carboxylic acids is 2. The van der Waals surface area contributed by atoms with Crippen LogP contribution in [-0.4, -0.2) is 35.2 Å². The molecule has 0 aromatic heterocycles. The number of fused-ring (bicyclic) bond motifs is 2. The van der Waals surface area contributed by atoms with E-state index >= 15 is 0 Å². The lowest BCUT2D eigenvalue weighted by Gasteiger charge is -2.41. The first kappa shape index (κ1) is 18.0. The lowest BCUT2D eigenvalue weighted by Crippen LogP contribution is -2.59. The number of rotatable bonds is 4. The van der Waals surface area contributed by atoms with Gasteiger partial charge in [-0.1, -0.05) is 24.3 Å². The zero-order valence-electron chi connectivity index (χ0n) is 15.8. The van der Waals surface area contributed by atoms with Gasteiger partial charge < -0.3 is 15.0 Å². The van der Waals surface area contributed by atoms with Gasteiger partial charge >= 0.3 is 0 Å². The number of amidine groups is 1. The molecular formula is C22H21N3O3. The minimum atomic E-state index is -1.00. The molecule has 1 N–H and O–H groups in total. The number of methoxy groups -OCH3 is 1. The smallest absolute Gasteiger partial charge is 0.250 e. The Morgan fingerprint density at radius 2 is 2.00 bits per heavy atom. The molecule has 0 aliphatic carbocycles. The summed E-state index contributed by atoms with van der Waals surface area (Å²) in [6.45, 7) is 2.15. The Kier molecular flexibility index (Phi) is 4.47. The van der Waals surface area contributed by atoms with Crippen molar-refractivity contribution < 1.29 is 14.3 Å². The second-order valence-electron chi connectivity index (χ2n) is 7.12. The fourth-order valence-corrected chi connectivity index (χ4v) is 3.56. The van der Waals surface area contributed by atoms with E-state index in [0.29, 0.717) is 12.4 Å². The summed E-state index contributed by atoms with van der Waals surface area (Å²) in [5.41, 5.74) is -0.0145. The zero-order chi connectivity index (χ0) is 19.7. The summed E-state index contributed by atoms with van der Waals surface area (Å²) in [7, 11) is 1.64. The Morgan fingerprint density at radius 3 is 2.82 bits per heavy atom. The first-order valence-corrected chi connectivity index (χ1v) is 9.10. The van der Waals surface area contributed by atoms with Crippen LogP contribution in [0.2, 0.25) is 0 Å². The lowest BCUT2D eigenvalue weighted by molar-refractivity contribution is -0.134. The van der Waals surface area contributed by atoms with E-state index in [1.807, 2.05) is 42.5 Å². The Bertz CT molecular complexity index is 1050. The summed E-state index contributed by atoms with van der Waals surface area (Å²) < 4.78 is 5.25. The van der Waals surface area contributed by atoms with E-state index in [0.717, 1.165) is 22.1 Å². The van der Waals surface area contributed by atoms with Gasteiger partial charge in [-0.25, -0.2) is 0 Å². The Hall–Kier alpha value is -3.41. The quantitative estimate of drug-likeness (QED) is 0.892. The third-order valence-corrected chi connectivity index (χ3v) is 5.16. The van der Waals surface area contributed by atoms with Crippen molar-refractivity contribution in [1.82, 2.24) is 10.2 Å². The van der Waals surface area contributed by atoms with Crippen molar-refractivity contribution >= 4 is 28.4 Å². The van der Waals surface area contributed by atoms with Crippen molar-refractivity contribution in [2.45, 2.75) is 25.4 Å². The van der Waals surface area contributed by atoms with Crippen molar-refractivity contribution in [2.24, 2.45) is 4.99 Å². The molecule has 0 bridgehead atoms. The van der Waals surface area contributed by atoms with Crippen LogP contribution in [0.4, 0.5) is 0 Å². The Balaban J connectivity index is 1.51. The second kappa shape index (κ2) is 6.96. The van der Waals surface area contributed by atoms with Crippen LogP contribution >= 0.6 is 0 Å². The maximum Gasteiger partial charge on any atom is 0.250 e. The maximum atomic E-state index is 13.0. The van der Waals surface area contributed by atoms with Crippen molar-refractivity contribution in [2.75, 3.05) is 7.11 Å². The maximum absolute atomic E-state index is 13.0. The number of benzene rings is 2. The van der Waals surface area contributed by atoms with Gasteiger partial charge in [0.15, 0.2) is 0 Å². The van der Waals surface area contributed by atoms with Gasteiger partial charge in [-0.2, -0.15) is 4.99 Å². The molecule has 28 heavy (non-hydrogen) atoms. The number of nitrogens with one attached hydrogen (secondary N) is 1. The fraction of sp³-hybridized carbons (Fsp3) is 0.227. The highest BCUT2D eigenvalue weighted by molar-refractivity contribution is 6.09. The molecule has 2 aliphatic heterocycles. The van der Waals surface area contributed by atoms with Gasteiger partial charge in [0.25, 0.3) is 5.91 Å². The molecule has 0 saturated heterocycles. The van der Waals surface area contributed by atoms with E-state index in [1.165, 1.54) is 0 Å². The predicted molar refractivity (Wildman–Crippen MR) is 108 cm³/mol. The SMILES string of the molecule is COc1ccc2cc(CNC(=O)[C@@]3(C)CC(=O)N=C4C=CC=CN43)ccc2c1. The molecule has 2 aromatic carbocycles. The molecule has 2 heterocycles. The van der Waals surface area contributed by atoms with Gasteiger partial charge in [-0.05, 0) is 53.6 Å². The molecular weight excluding hydrogens is 354 g/mol. The summed E-state index contributed by atoms with van der Waals surface area (Å²) in [5, 5.41) is 5.13. The van der Waals surface area contributed by atoms with Gasteiger partial charge in [0.05, 0.1) is 13.5 Å². The Morgan fingerprint density at radius 1 is 1.21 bits per heavy atom. The molecule has 2 aliphatic rings. The van der Waals surface area contributed by atoms with Crippen LogP contribution in [0.3, 0.4) is 0 Å². The van der Waals surface area contributed by atoms with E-state index in [4.69, 9.17) is 4.74 Å². The standard InChI is InChI=1S/C22H21N3O3/c1-22(13-20(26)24-19-5-3-4-10-25(19)22)21(27)23-14-15-6-7-17-12-18(28-2)9-8-16(17)11-15/h3-12H,13-14H2,1-2H3,(H,23,27)/t22-/m1/s1. The third-order valence-electron chi connectivity index (χ3n) is 5.16. The highest BCUT2D eigenvalue weighted by Crippen LogP contribution is 2.28.